The molecule has 1 aliphatic rings. The van der Waals surface area contributed by atoms with Crippen LogP contribution in [0.1, 0.15) is 35.7 Å². The van der Waals surface area contributed by atoms with Crippen molar-refractivity contribution < 1.29 is 19.4 Å². The minimum atomic E-state index is -0.416. The van der Waals surface area contributed by atoms with E-state index >= 15 is 0 Å². The van der Waals surface area contributed by atoms with Crippen molar-refractivity contribution in [2.45, 2.75) is 19.8 Å². The van der Waals surface area contributed by atoms with Crippen molar-refractivity contribution in [2.75, 3.05) is 47.9 Å². The van der Waals surface area contributed by atoms with Crippen LogP contribution in [0.4, 0.5) is 17.1 Å². The molecule has 1 atom stereocenters. The molecule has 1 saturated heterocycles. The minimum Gasteiger partial charge on any atom is -0.508 e. The second-order valence-electron chi connectivity index (χ2n) is 8.60. The third-order valence-electron chi connectivity index (χ3n) is 6.25. The number of para-hydroxylation sites is 1. The number of carbonyl (C=O) groups excluding carboxylic acids is 2. The fourth-order valence-electron chi connectivity index (χ4n) is 4.22. The van der Waals surface area contributed by atoms with Gasteiger partial charge < -0.3 is 25.0 Å². The zero-order chi connectivity index (χ0) is 24.8. The van der Waals surface area contributed by atoms with Gasteiger partial charge in [0, 0.05) is 49.3 Å². The molecule has 0 radical (unpaired) electrons. The number of nitrogens with one attached hydrogen (secondary N) is 1. The Hall–Kier alpha value is -4.00. The number of aromatic hydroxyl groups is 1. The van der Waals surface area contributed by atoms with Crippen LogP contribution >= 0.6 is 0 Å². The first-order chi connectivity index (χ1) is 16.9. The van der Waals surface area contributed by atoms with Crippen molar-refractivity contribution in [2.24, 2.45) is 0 Å². The lowest BCUT2D eigenvalue weighted by molar-refractivity contribution is -0.117. The topological polar surface area (TPSA) is 82.1 Å². The molecule has 1 heterocycles. The molecule has 7 nitrogen and oxygen atoms in total. The highest BCUT2D eigenvalue weighted by Crippen LogP contribution is 2.30. The summed E-state index contributed by atoms with van der Waals surface area (Å²) in [6.45, 7) is 7.13. The van der Waals surface area contributed by atoms with Gasteiger partial charge in [0.05, 0.1) is 18.1 Å². The first-order valence-corrected chi connectivity index (χ1v) is 11.9. The maximum Gasteiger partial charge on any atom is 0.338 e. The summed E-state index contributed by atoms with van der Waals surface area (Å²) in [5.41, 5.74) is 4.02. The lowest BCUT2D eigenvalue weighted by Gasteiger charge is -2.37. The summed E-state index contributed by atoms with van der Waals surface area (Å²) in [5.74, 6) is -0.701. The van der Waals surface area contributed by atoms with Gasteiger partial charge in [0.25, 0.3) is 0 Å². The molecule has 1 amide bonds. The van der Waals surface area contributed by atoms with E-state index in [4.69, 9.17) is 4.74 Å². The summed E-state index contributed by atoms with van der Waals surface area (Å²) >= 11 is 0. The number of phenolic OH excluding ortho intramolecular Hbond substituents is 1. The molecule has 0 aromatic heterocycles. The quantitative estimate of drug-likeness (QED) is 0.487. The van der Waals surface area contributed by atoms with Crippen molar-refractivity contribution in [1.82, 2.24) is 0 Å². The standard InChI is InChI=1S/C28H31N3O4/c1-3-35-28(34)21-9-11-24(12-10-21)30-13-15-31(16-14-30)25-17-22(18-26(32)19-25)20(2)27(33)29-23-7-5-4-6-8-23/h4-12,17-20,32H,3,13-16H2,1-2H3,(H,29,33). The van der Waals surface area contributed by atoms with E-state index in [1.165, 1.54) is 0 Å². The van der Waals surface area contributed by atoms with Crippen LogP contribution in [-0.4, -0.2) is 49.8 Å². The average Bonchev–Trinajstić information content (AvgIpc) is 2.89. The van der Waals surface area contributed by atoms with Crippen molar-refractivity contribution in [1.29, 1.82) is 0 Å². The van der Waals surface area contributed by atoms with Crippen LogP contribution in [-0.2, 0) is 9.53 Å². The van der Waals surface area contributed by atoms with Crippen LogP contribution in [0, 0.1) is 0 Å². The van der Waals surface area contributed by atoms with Gasteiger partial charge in [0.2, 0.25) is 5.91 Å². The number of phenols is 1. The minimum absolute atomic E-state index is 0.121. The third kappa shape index (κ3) is 5.93. The van der Waals surface area contributed by atoms with Gasteiger partial charge in [-0.25, -0.2) is 4.79 Å². The van der Waals surface area contributed by atoms with Crippen LogP contribution in [0.3, 0.4) is 0 Å². The van der Waals surface area contributed by atoms with E-state index in [2.05, 4.69) is 15.1 Å². The number of rotatable bonds is 7. The number of amides is 1. The van der Waals surface area contributed by atoms with Crippen LogP contribution < -0.4 is 15.1 Å². The predicted molar refractivity (Wildman–Crippen MR) is 138 cm³/mol. The molecule has 0 saturated carbocycles. The Balaban J connectivity index is 1.40. The number of benzene rings is 3. The van der Waals surface area contributed by atoms with Gasteiger partial charge in [0.1, 0.15) is 5.75 Å². The Bertz CT molecular complexity index is 1160. The predicted octanol–water partition coefficient (Wildman–Crippen LogP) is 4.64. The number of ether oxygens (including phenoxy) is 1. The molecular weight excluding hydrogens is 442 g/mol. The second-order valence-corrected chi connectivity index (χ2v) is 8.60. The lowest BCUT2D eigenvalue weighted by atomic mass is 9.98. The second kappa shape index (κ2) is 11.0. The Morgan fingerprint density at radius 1 is 0.914 bits per heavy atom. The zero-order valence-electron chi connectivity index (χ0n) is 20.1. The molecule has 3 aromatic rings. The molecule has 0 bridgehead atoms. The molecule has 0 spiro atoms. The van der Waals surface area contributed by atoms with E-state index in [-0.39, 0.29) is 17.6 Å². The Kier molecular flexibility index (Phi) is 7.55. The molecule has 35 heavy (non-hydrogen) atoms. The summed E-state index contributed by atoms with van der Waals surface area (Å²) in [6, 6.07) is 22.2. The number of hydrogen-bond donors (Lipinski definition) is 2. The van der Waals surface area contributed by atoms with Gasteiger partial charge >= 0.3 is 5.97 Å². The van der Waals surface area contributed by atoms with E-state index in [0.29, 0.717) is 12.2 Å². The van der Waals surface area contributed by atoms with Crippen molar-refractivity contribution >= 4 is 28.9 Å². The molecule has 4 rings (SSSR count). The largest absolute Gasteiger partial charge is 0.508 e. The SMILES string of the molecule is CCOC(=O)c1ccc(N2CCN(c3cc(O)cc(C(C)C(=O)Nc4ccccc4)c3)CC2)cc1. The van der Waals surface area contributed by atoms with Gasteiger partial charge in [-0.05, 0) is 67.9 Å². The maximum atomic E-state index is 12.8. The molecular formula is C28H31N3O4. The number of anilines is 3. The maximum absolute atomic E-state index is 12.8. The molecule has 1 fully saturated rings. The lowest BCUT2D eigenvalue weighted by Crippen LogP contribution is -2.46. The monoisotopic (exact) mass is 473 g/mol. The highest BCUT2D eigenvalue weighted by Gasteiger charge is 2.21. The summed E-state index contributed by atoms with van der Waals surface area (Å²) in [6.07, 6.45) is 0. The first-order valence-electron chi connectivity index (χ1n) is 11.9. The summed E-state index contributed by atoms with van der Waals surface area (Å²) < 4.78 is 5.05. The van der Waals surface area contributed by atoms with Crippen LogP contribution in [0.2, 0.25) is 0 Å². The Morgan fingerprint density at radius 3 is 2.17 bits per heavy atom. The zero-order valence-corrected chi connectivity index (χ0v) is 20.1. The number of hydrogen-bond acceptors (Lipinski definition) is 6. The number of carbonyl (C=O) groups is 2. The van der Waals surface area contributed by atoms with Gasteiger partial charge in [-0.1, -0.05) is 18.2 Å². The normalized spacial score (nSPS) is 14.3. The van der Waals surface area contributed by atoms with E-state index in [9.17, 15) is 14.7 Å². The fourth-order valence-corrected chi connectivity index (χ4v) is 4.22. The van der Waals surface area contributed by atoms with Crippen LogP contribution in [0.15, 0.2) is 72.8 Å². The van der Waals surface area contributed by atoms with Gasteiger partial charge in [-0.3, -0.25) is 4.79 Å². The third-order valence-corrected chi connectivity index (χ3v) is 6.25. The molecule has 7 heteroatoms. The van der Waals surface area contributed by atoms with Gasteiger partial charge in [-0.2, -0.15) is 0 Å². The molecule has 3 aromatic carbocycles. The van der Waals surface area contributed by atoms with E-state index in [0.717, 1.165) is 48.8 Å². The Labute approximate surface area is 205 Å². The molecule has 1 aliphatic heterocycles. The van der Waals surface area contributed by atoms with E-state index in [1.54, 1.807) is 31.2 Å². The highest BCUT2D eigenvalue weighted by atomic mass is 16.5. The smallest absolute Gasteiger partial charge is 0.338 e. The average molecular weight is 474 g/mol. The van der Waals surface area contributed by atoms with E-state index in [1.807, 2.05) is 55.5 Å². The molecule has 182 valence electrons. The van der Waals surface area contributed by atoms with Crippen molar-refractivity contribution in [3.05, 3.63) is 83.9 Å². The fraction of sp³-hybridized carbons (Fsp3) is 0.286. The summed E-state index contributed by atoms with van der Waals surface area (Å²) in [5, 5.41) is 13.3. The number of piperazine rings is 1. The Morgan fingerprint density at radius 2 is 1.54 bits per heavy atom. The van der Waals surface area contributed by atoms with E-state index < -0.39 is 5.92 Å². The molecule has 0 aliphatic carbocycles. The van der Waals surface area contributed by atoms with Gasteiger partial charge in [-0.15, -0.1) is 0 Å². The number of esters is 1. The first kappa shape index (κ1) is 24.1. The highest BCUT2D eigenvalue weighted by molar-refractivity contribution is 5.95. The van der Waals surface area contributed by atoms with Crippen LogP contribution in [0.25, 0.3) is 0 Å². The van der Waals surface area contributed by atoms with Crippen molar-refractivity contribution in [3.63, 3.8) is 0 Å². The van der Waals surface area contributed by atoms with Crippen molar-refractivity contribution in [3.8, 4) is 5.75 Å². The number of nitrogens with zero attached hydrogens (tertiary/aromatic N) is 2. The molecule has 2 N–H and O–H groups in total. The summed E-state index contributed by atoms with van der Waals surface area (Å²) in [7, 11) is 0. The van der Waals surface area contributed by atoms with Gasteiger partial charge in [0.15, 0.2) is 0 Å². The summed E-state index contributed by atoms with van der Waals surface area (Å²) in [4.78, 5) is 29.1. The molecule has 1 unspecified atom stereocenters. The van der Waals surface area contributed by atoms with Crippen LogP contribution in [0.5, 0.6) is 5.75 Å².